The fraction of sp³-hybridized carbons (Fsp3) is 0.227. The van der Waals surface area contributed by atoms with E-state index in [1.54, 1.807) is 10.9 Å². The molecule has 1 aromatic heterocycles. The van der Waals surface area contributed by atoms with Crippen LogP contribution >= 0.6 is 0 Å². The van der Waals surface area contributed by atoms with Gasteiger partial charge < -0.3 is 19.7 Å². The van der Waals surface area contributed by atoms with Crippen LogP contribution < -0.4 is 10.1 Å². The molecule has 0 bridgehead atoms. The number of carbonyl (C=O) groups is 2. The highest BCUT2D eigenvalue weighted by Crippen LogP contribution is 2.31. The third-order valence-corrected chi connectivity index (χ3v) is 5.26. The normalized spacial score (nSPS) is 15.6. The molecule has 0 saturated carbocycles. The van der Waals surface area contributed by atoms with E-state index in [1.165, 1.54) is 11.0 Å². The van der Waals surface area contributed by atoms with Crippen molar-refractivity contribution < 1.29 is 23.5 Å². The lowest BCUT2D eigenvalue weighted by Gasteiger charge is -2.39. The van der Waals surface area contributed by atoms with Gasteiger partial charge in [0.1, 0.15) is 11.6 Å². The lowest BCUT2D eigenvalue weighted by molar-refractivity contribution is -0.118. The molecule has 3 aromatic rings. The fourth-order valence-electron chi connectivity index (χ4n) is 3.53. The van der Waals surface area contributed by atoms with Gasteiger partial charge in [0.05, 0.1) is 29.6 Å². The van der Waals surface area contributed by atoms with Gasteiger partial charge >= 0.3 is 0 Å². The van der Waals surface area contributed by atoms with Crippen LogP contribution in [0.4, 0.5) is 10.1 Å². The highest BCUT2D eigenvalue weighted by atomic mass is 19.1. The van der Waals surface area contributed by atoms with E-state index in [0.29, 0.717) is 25.4 Å². The first kappa shape index (κ1) is 19.3. The summed E-state index contributed by atoms with van der Waals surface area (Å²) in [6, 6.07) is 12.2. The average molecular weight is 422 g/mol. The van der Waals surface area contributed by atoms with Crippen molar-refractivity contribution in [2.45, 2.75) is 12.7 Å². The van der Waals surface area contributed by atoms with Gasteiger partial charge in [-0.05, 0) is 29.8 Å². The predicted molar refractivity (Wildman–Crippen MR) is 109 cm³/mol. The van der Waals surface area contributed by atoms with E-state index >= 15 is 0 Å². The van der Waals surface area contributed by atoms with Crippen LogP contribution in [-0.2, 0) is 16.1 Å². The first-order valence-electron chi connectivity index (χ1n) is 9.83. The maximum absolute atomic E-state index is 14.4. The number of rotatable bonds is 5. The van der Waals surface area contributed by atoms with Crippen LogP contribution in [0.3, 0.4) is 0 Å². The highest BCUT2D eigenvalue weighted by molar-refractivity contribution is 6.00. The van der Waals surface area contributed by atoms with E-state index in [2.05, 4.69) is 10.4 Å². The molecule has 3 heterocycles. The summed E-state index contributed by atoms with van der Waals surface area (Å²) in [5, 5.41) is 6.78. The number of anilines is 1. The molecule has 0 radical (unpaired) electrons. The van der Waals surface area contributed by atoms with Crippen molar-refractivity contribution in [3.8, 4) is 11.4 Å². The number of carbonyl (C=O) groups excluding carboxylic acids is 2. The van der Waals surface area contributed by atoms with Gasteiger partial charge in [0.2, 0.25) is 0 Å². The average Bonchev–Trinajstić information content (AvgIpc) is 3.27. The maximum Gasteiger partial charge on any atom is 0.262 e. The number of nitrogens with one attached hydrogen (secondary N) is 1. The third-order valence-electron chi connectivity index (χ3n) is 5.26. The van der Waals surface area contributed by atoms with Crippen LogP contribution in [0, 0.1) is 5.82 Å². The van der Waals surface area contributed by atoms with Gasteiger partial charge in [-0.1, -0.05) is 12.1 Å². The molecule has 0 unspecified atom stereocenters. The number of ether oxygens (including phenoxy) is 2. The fourth-order valence-corrected chi connectivity index (χ4v) is 3.53. The zero-order chi connectivity index (χ0) is 21.4. The first-order chi connectivity index (χ1) is 15.1. The van der Waals surface area contributed by atoms with Gasteiger partial charge in [-0.15, -0.1) is 0 Å². The summed E-state index contributed by atoms with van der Waals surface area (Å²) in [4.78, 5) is 25.6. The van der Waals surface area contributed by atoms with Crippen LogP contribution in [-0.4, -0.2) is 52.3 Å². The number of benzene rings is 2. The topological polar surface area (TPSA) is 85.7 Å². The minimum atomic E-state index is -0.679. The van der Waals surface area contributed by atoms with Gasteiger partial charge in [0.25, 0.3) is 11.8 Å². The number of hydrogen-bond donors (Lipinski definition) is 1. The van der Waals surface area contributed by atoms with Crippen molar-refractivity contribution in [1.82, 2.24) is 14.7 Å². The minimum absolute atomic E-state index is 0.0998. The smallest absolute Gasteiger partial charge is 0.262 e. The molecule has 1 saturated heterocycles. The van der Waals surface area contributed by atoms with Gasteiger partial charge in [0, 0.05) is 31.5 Å². The van der Waals surface area contributed by atoms with Crippen LogP contribution in [0.1, 0.15) is 15.9 Å². The molecule has 8 nitrogen and oxygen atoms in total. The number of likely N-dealkylation sites (tertiary alicyclic amines) is 1. The number of hydrogen-bond acceptors (Lipinski definition) is 5. The maximum atomic E-state index is 14.4. The highest BCUT2D eigenvalue weighted by Gasteiger charge is 2.34. The van der Waals surface area contributed by atoms with Crippen LogP contribution in [0.5, 0.6) is 5.75 Å². The van der Waals surface area contributed by atoms with Crippen molar-refractivity contribution in [2.75, 3.05) is 25.0 Å². The molecule has 0 atom stereocenters. The molecule has 9 heteroatoms. The van der Waals surface area contributed by atoms with Crippen molar-refractivity contribution in [3.05, 3.63) is 71.8 Å². The second-order valence-corrected chi connectivity index (χ2v) is 7.43. The summed E-state index contributed by atoms with van der Waals surface area (Å²) in [7, 11) is 0. The lowest BCUT2D eigenvalue weighted by Crippen LogP contribution is -2.54. The number of amides is 2. The Morgan fingerprint density at radius 2 is 2.06 bits per heavy atom. The van der Waals surface area contributed by atoms with Crippen LogP contribution in [0.2, 0.25) is 0 Å². The van der Waals surface area contributed by atoms with E-state index < -0.39 is 11.7 Å². The van der Waals surface area contributed by atoms with Gasteiger partial charge in [-0.2, -0.15) is 5.10 Å². The largest absolute Gasteiger partial charge is 0.481 e. The summed E-state index contributed by atoms with van der Waals surface area (Å²) in [5.74, 6) is -1.24. The Balaban J connectivity index is 1.15. The Bertz CT molecular complexity index is 1130. The second kappa shape index (κ2) is 7.84. The molecule has 0 spiro atoms. The molecular weight excluding hydrogens is 403 g/mol. The summed E-state index contributed by atoms with van der Waals surface area (Å²) in [5.41, 5.74) is 2.17. The van der Waals surface area contributed by atoms with Gasteiger partial charge in [-0.25, -0.2) is 9.07 Å². The molecule has 2 aliphatic heterocycles. The zero-order valence-corrected chi connectivity index (χ0v) is 16.5. The van der Waals surface area contributed by atoms with Gasteiger partial charge in [0.15, 0.2) is 6.61 Å². The van der Waals surface area contributed by atoms with E-state index in [1.807, 2.05) is 36.5 Å². The quantitative estimate of drug-likeness (QED) is 0.683. The lowest BCUT2D eigenvalue weighted by atomic mass is 10.1. The van der Waals surface area contributed by atoms with Crippen LogP contribution in [0.15, 0.2) is 54.9 Å². The van der Waals surface area contributed by atoms with Crippen molar-refractivity contribution >= 4 is 17.5 Å². The number of fused-ring (bicyclic) bond motifs is 1. The molecule has 0 aliphatic carbocycles. The molecule has 2 aliphatic rings. The molecule has 2 aromatic carbocycles. The summed E-state index contributed by atoms with van der Waals surface area (Å²) in [6.07, 6.45) is 3.48. The number of halogens is 1. The SMILES string of the molecule is O=C1COc2cc(F)c(C(=O)N3CC(OCc4ccc(-n5cccn5)cc4)C3)cc2N1. The molecule has 5 rings (SSSR count). The van der Waals surface area contributed by atoms with Crippen molar-refractivity contribution in [1.29, 1.82) is 0 Å². The van der Waals surface area contributed by atoms with Crippen molar-refractivity contribution in [3.63, 3.8) is 0 Å². The Kier molecular flexibility index (Phi) is 4.87. The van der Waals surface area contributed by atoms with E-state index in [9.17, 15) is 14.0 Å². The van der Waals surface area contributed by atoms with E-state index in [0.717, 1.165) is 17.3 Å². The first-order valence-corrected chi connectivity index (χ1v) is 9.83. The minimum Gasteiger partial charge on any atom is -0.481 e. The monoisotopic (exact) mass is 422 g/mol. The molecule has 31 heavy (non-hydrogen) atoms. The Hall–Kier alpha value is -3.72. The molecular formula is C22H19FN4O4. The zero-order valence-electron chi connectivity index (χ0n) is 16.5. The third kappa shape index (κ3) is 3.87. The number of aromatic nitrogens is 2. The van der Waals surface area contributed by atoms with E-state index in [4.69, 9.17) is 9.47 Å². The standard InChI is InChI=1S/C22H19FN4O4/c23-18-9-20-19(25-21(28)13-31-20)8-17(18)22(29)26-10-16(11-26)30-12-14-2-4-15(5-3-14)27-7-1-6-24-27/h1-9,16H,10-13H2,(H,25,28). The predicted octanol–water partition coefficient (Wildman–Crippen LogP) is 2.38. The van der Waals surface area contributed by atoms with Crippen LogP contribution in [0.25, 0.3) is 5.69 Å². The molecule has 2 amide bonds. The van der Waals surface area contributed by atoms with E-state index in [-0.39, 0.29) is 29.9 Å². The summed E-state index contributed by atoms with van der Waals surface area (Å²) < 4.78 is 27.2. The molecule has 158 valence electrons. The summed E-state index contributed by atoms with van der Waals surface area (Å²) >= 11 is 0. The molecule has 1 N–H and O–H groups in total. The Morgan fingerprint density at radius 3 is 2.81 bits per heavy atom. The number of nitrogens with zero attached hydrogens (tertiary/aromatic N) is 3. The second-order valence-electron chi connectivity index (χ2n) is 7.43. The Labute approximate surface area is 177 Å². The summed E-state index contributed by atoms with van der Waals surface area (Å²) in [6.45, 7) is 1.01. The Morgan fingerprint density at radius 1 is 1.26 bits per heavy atom. The molecule has 1 fully saturated rings. The van der Waals surface area contributed by atoms with Crippen molar-refractivity contribution in [2.24, 2.45) is 0 Å². The van der Waals surface area contributed by atoms with Gasteiger partial charge in [-0.3, -0.25) is 9.59 Å².